The van der Waals surface area contributed by atoms with Crippen molar-refractivity contribution >= 4 is 12.0 Å². The summed E-state index contributed by atoms with van der Waals surface area (Å²) >= 11 is 0. The molecule has 0 spiro atoms. The van der Waals surface area contributed by atoms with E-state index >= 15 is 0 Å². The lowest BCUT2D eigenvalue weighted by atomic mass is 10.2. The molecule has 2 N–H and O–H groups in total. The number of hydrogen-bond donors (Lipinski definition) is 2. The first-order valence-electron chi connectivity index (χ1n) is 5.85. The van der Waals surface area contributed by atoms with E-state index in [9.17, 15) is 9.18 Å². The van der Waals surface area contributed by atoms with Gasteiger partial charge in [0.05, 0.1) is 6.20 Å². The summed E-state index contributed by atoms with van der Waals surface area (Å²) in [6, 6.07) is 5.93. The van der Waals surface area contributed by atoms with Gasteiger partial charge in [0.2, 0.25) is 5.91 Å². The first-order chi connectivity index (χ1) is 9.15. The first kappa shape index (κ1) is 13.0. The van der Waals surface area contributed by atoms with E-state index in [4.69, 9.17) is 0 Å². The summed E-state index contributed by atoms with van der Waals surface area (Å²) in [5.74, 6) is -0.498. The number of aryl methyl sites for hydroxylation is 1. The fraction of sp³-hybridized carbons (Fsp3) is 0.143. The average molecular weight is 259 g/mol. The summed E-state index contributed by atoms with van der Waals surface area (Å²) in [6.07, 6.45) is 4.74. The van der Waals surface area contributed by atoms with Gasteiger partial charge in [0.1, 0.15) is 5.82 Å². The number of aromatic nitrogens is 2. The fourth-order valence-corrected chi connectivity index (χ4v) is 1.54. The SMILES string of the molecule is Cc1[nH]ncc1CNC(=O)/C=C/c1ccc(F)cc1. The molecule has 1 heterocycles. The first-order valence-corrected chi connectivity index (χ1v) is 5.85. The third-order valence-corrected chi connectivity index (χ3v) is 2.68. The summed E-state index contributed by atoms with van der Waals surface area (Å²) in [4.78, 5) is 11.6. The molecule has 0 aliphatic rings. The minimum Gasteiger partial charge on any atom is -0.348 e. The molecule has 0 fully saturated rings. The molecule has 1 amide bonds. The van der Waals surface area contributed by atoms with Crippen molar-refractivity contribution < 1.29 is 9.18 Å². The lowest BCUT2D eigenvalue weighted by Crippen LogP contribution is -2.20. The molecular weight excluding hydrogens is 245 g/mol. The molecule has 19 heavy (non-hydrogen) atoms. The molecule has 0 atom stereocenters. The van der Waals surface area contributed by atoms with Crippen LogP contribution < -0.4 is 5.32 Å². The number of carbonyl (C=O) groups excluding carboxylic acids is 1. The molecule has 0 aliphatic carbocycles. The van der Waals surface area contributed by atoms with Crippen LogP contribution in [0.5, 0.6) is 0 Å². The Hall–Kier alpha value is -2.43. The van der Waals surface area contributed by atoms with Gasteiger partial charge in [-0.1, -0.05) is 12.1 Å². The molecule has 4 nitrogen and oxygen atoms in total. The predicted molar refractivity (Wildman–Crippen MR) is 70.6 cm³/mol. The van der Waals surface area contributed by atoms with E-state index in [0.29, 0.717) is 6.54 Å². The van der Waals surface area contributed by atoms with E-state index in [1.165, 1.54) is 18.2 Å². The molecule has 1 aromatic carbocycles. The molecule has 0 unspecified atom stereocenters. The second kappa shape index (κ2) is 5.95. The van der Waals surface area contributed by atoms with Gasteiger partial charge in [0.25, 0.3) is 0 Å². The van der Waals surface area contributed by atoms with E-state index in [0.717, 1.165) is 16.8 Å². The molecule has 0 radical (unpaired) electrons. The molecule has 2 rings (SSSR count). The summed E-state index contributed by atoms with van der Waals surface area (Å²) in [6.45, 7) is 2.32. The lowest BCUT2D eigenvalue weighted by Gasteiger charge is -2.00. The number of hydrogen-bond acceptors (Lipinski definition) is 2. The fourth-order valence-electron chi connectivity index (χ4n) is 1.54. The normalized spacial score (nSPS) is 10.8. The molecule has 5 heteroatoms. The van der Waals surface area contributed by atoms with Crippen LogP contribution in [0.25, 0.3) is 6.08 Å². The van der Waals surface area contributed by atoms with E-state index in [1.807, 2.05) is 6.92 Å². The molecule has 0 aliphatic heterocycles. The molecule has 98 valence electrons. The van der Waals surface area contributed by atoms with Gasteiger partial charge in [-0.2, -0.15) is 5.10 Å². The van der Waals surface area contributed by atoms with Crippen LogP contribution in [0.2, 0.25) is 0 Å². The smallest absolute Gasteiger partial charge is 0.244 e. The standard InChI is InChI=1S/C14H14FN3O/c1-10-12(9-17-18-10)8-16-14(19)7-4-11-2-5-13(15)6-3-11/h2-7,9H,8H2,1H3,(H,16,19)(H,17,18)/b7-4+. The maximum Gasteiger partial charge on any atom is 0.244 e. The van der Waals surface area contributed by atoms with E-state index in [1.54, 1.807) is 24.4 Å². The van der Waals surface area contributed by atoms with Gasteiger partial charge in [0.15, 0.2) is 0 Å². The maximum atomic E-state index is 12.7. The summed E-state index contributed by atoms with van der Waals surface area (Å²) in [5.41, 5.74) is 2.65. The Balaban J connectivity index is 1.87. The summed E-state index contributed by atoms with van der Waals surface area (Å²) < 4.78 is 12.7. The zero-order chi connectivity index (χ0) is 13.7. The molecular formula is C14H14FN3O. The third kappa shape index (κ3) is 3.77. The van der Waals surface area contributed by atoms with Crippen LogP contribution in [0.1, 0.15) is 16.8 Å². The zero-order valence-corrected chi connectivity index (χ0v) is 10.5. The van der Waals surface area contributed by atoms with E-state index < -0.39 is 0 Å². The Morgan fingerprint density at radius 3 is 2.79 bits per heavy atom. The molecule has 1 aromatic heterocycles. The number of amides is 1. The van der Waals surface area contributed by atoms with Crippen LogP contribution in [0.15, 0.2) is 36.5 Å². The molecule has 0 saturated heterocycles. The highest BCUT2D eigenvalue weighted by Gasteiger charge is 2.01. The number of rotatable bonds is 4. The number of nitrogens with zero attached hydrogens (tertiary/aromatic N) is 1. The topological polar surface area (TPSA) is 57.8 Å². The Labute approximate surface area is 110 Å². The monoisotopic (exact) mass is 259 g/mol. The lowest BCUT2D eigenvalue weighted by molar-refractivity contribution is -0.116. The van der Waals surface area contributed by atoms with E-state index in [2.05, 4.69) is 15.5 Å². The average Bonchev–Trinajstić information content (AvgIpc) is 2.81. The van der Waals surface area contributed by atoms with Gasteiger partial charge < -0.3 is 5.32 Å². The Kier molecular flexibility index (Phi) is 4.07. The third-order valence-electron chi connectivity index (χ3n) is 2.68. The van der Waals surface area contributed by atoms with Crippen LogP contribution in [0.4, 0.5) is 4.39 Å². The van der Waals surface area contributed by atoms with Crippen molar-refractivity contribution in [2.24, 2.45) is 0 Å². The molecule has 0 saturated carbocycles. The summed E-state index contributed by atoms with van der Waals surface area (Å²) in [5, 5.41) is 9.42. The number of halogens is 1. The van der Waals surface area contributed by atoms with Crippen molar-refractivity contribution in [2.45, 2.75) is 13.5 Å². The van der Waals surface area contributed by atoms with Crippen LogP contribution in [-0.2, 0) is 11.3 Å². The zero-order valence-electron chi connectivity index (χ0n) is 10.5. The van der Waals surface area contributed by atoms with Crippen molar-refractivity contribution in [3.05, 3.63) is 59.2 Å². The van der Waals surface area contributed by atoms with Crippen LogP contribution in [0.3, 0.4) is 0 Å². The van der Waals surface area contributed by atoms with E-state index in [-0.39, 0.29) is 11.7 Å². The Bertz CT molecular complexity index is 587. The van der Waals surface area contributed by atoms with Crippen molar-refractivity contribution in [1.29, 1.82) is 0 Å². The van der Waals surface area contributed by atoms with Gasteiger partial charge in [-0.05, 0) is 30.7 Å². The number of H-pyrrole nitrogens is 1. The Morgan fingerprint density at radius 1 is 1.42 bits per heavy atom. The number of carbonyl (C=O) groups is 1. The maximum absolute atomic E-state index is 12.7. The number of nitrogens with one attached hydrogen (secondary N) is 2. The van der Waals surface area contributed by atoms with Gasteiger partial charge in [-0.3, -0.25) is 9.89 Å². The van der Waals surface area contributed by atoms with Crippen molar-refractivity contribution in [2.75, 3.05) is 0 Å². The van der Waals surface area contributed by atoms with Gasteiger partial charge in [0, 0.05) is 23.9 Å². The van der Waals surface area contributed by atoms with Crippen LogP contribution >= 0.6 is 0 Å². The highest BCUT2D eigenvalue weighted by molar-refractivity contribution is 5.91. The second-order valence-electron chi connectivity index (χ2n) is 4.12. The predicted octanol–water partition coefficient (Wildman–Crippen LogP) is 2.19. The number of aromatic amines is 1. The van der Waals surface area contributed by atoms with Crippen LogP contribution in [-0.4, -0.2) is 16.1 Å². The van der Waals surface area contributed by atoms with Gasteiger partial charge >= 0.3 is 0 Å². The number of benzene rings is 1. The van der Waals surface area contributed by atoms with Crippen molar-refractivity contribution in [1.82, 2.24) is 15.5 Å². The second-order valence-corrected chi connectivity index (χ2v) is 4.12. The van der Waals surface area contributed by atoms with Gasteiger partial charge in [-0.25, -0.2) is 4.39 Å². The molecule has 2 aromatic rings. The van der Waals surface area contributed by atoms with Crippen molar-refractivity contribution in [3.63, 3.8) is 0 Å². The minimum atomic E-state index is -0.294. The van der Waals surface area contributed by atoms with Crippen LogP contribution in [0, 0.1) is 12.7 Å². The minimum absolute atomic E-state index is 0.204. The summed E-state index contributed by atoms with van der Waals surface area (Å²) in [7, 11) is 0. The largest absolute Gasteiger partial charge is 0.348 e. The van der Waals surface area contributed by atoms with Crippen molar-refractivity contribution in [3.8, 4) is 0 Å². The molecule has 0 bridgehead atoms. The van der Waals surface area contributed by atoms with Gasteiger partial charge in [-0.15, -0.1) is 0 Å². The quantitative estimate of drug-likeness (QED) is 0.827. The highest BCUT2D eigenvalue weighted by atomic mass is 19.1. The Morgan fingerprint density at radius 2 is 2.16 bits per heavy atom. The highest BCUT2D eigenvalue weighted by Crippen LogP contribution is 2.05.